The molecule has 0 unspecified atom stereocenters. The van der Waals surface area contributed by atoms with Gasteiger partial charge in [-0.1, -0.05) is 18.2 Å². The van der Waals surface area contributed by atoms with Crippen molar-refractivity contribution in [2.75, 3.05) is 17.1 Å². The highest BCUT2D eigenvalue weighted by Crippen LogP contribution is 2.22. The number of anilines is 1. The monoisotopic (exact) mass is 505 g/mol. The number of rotatable bonds is 11. The van der Waals surface area contributed by atoms with Crippen molar-refractivity contribution in [3.8, 4) is 0 Å². The lowest BCUT2D eigenvalue weighted by molar-refractivity contribution is -0.140. The van der Waals surface area contributed by atoms with E-state index in [0.29, 0.717) is 11.3 Å². The molecule has 2 rings (SSSR count). The van der Waals surface area contributed by atoms with E-state index >= 15 is 0 Å². The molecule has 2 amide bonds. The maximum Gasteiger partial charge on any atom is 0.242 e. The molecule has 7 nitrogen and oxygen atoms in total. The molecule has 0 aliphatic heterocycles. The Balaban J connectivity index is 2.19. The first-order valence-corrected chi connectivity index (χ1v) is 13.5. The third kappa shape index (κ3) is 8.65. The molecular formula is C26H36FN3O4S. The molecule has 35 heavy (non-hydrogen) atoms. The van der Waals surface area contributed by atoms with Crippen LogP contribution < -0.4 is 9.62 Å². The highest BCUT2D eigenvalue weighted by atomic mass is 32.2. The van der Waals surface area contributed by atoms with E-state index in [9.17, 15) is 22.4 Å². The van der Waals surface area contributed by atoms with Crippen LogP contribution in [-0.2, 0) is 26.2 Å². The van der Waals surface area contributed by atoms with Gasteiger partial charge in [-0.2, -0.15) is 0 Å². The van der Waals surface area contributed by atoms with Crippen LogP contribution in [0.25, 0.3) is 0 Å². The van der Waals surface area contributed by atoms with Crippen LogP contribution in [-0.4, -0.2) is 50.0 Å². The number of aryl methyl sites for hydroxylation is 2. The first-order valence-electron chi connectivity index (χ1n) is 11.7. The van der Waals surface area contributed by atoms with Crippen LogP contribution in [0.15, 0.2) is 42.5 Å². The van der Waals surface area contributed by atoms with Crippen LogP contribution in [0.2, 0.25) is 0 Å². The Morgan fingerprint density at radius 1 is 1.00 bits per heavy atom. The second-order valence-electron chi connectivity index (χ2n) is 9.27. The predicted molar refractivity (Wildman–Crippen MR) is 137 cm³/mol. The maximum absolute atomic E-state index is 13.3. The SMILES string of the molecule is Cc1cc(C)cc(N(CCCC(=O)N(Cc2ccc(F)cc2)[C@H](C)C(=O)NC(C)C)S(C)(=O)=O)c1. The molecule has 0 saturated carbocycles. The Kier molecular flexibility index (Phi) is 9.82. The van der Waals surface area contributed by atoms with Crippen molar-refractivity contribution in [1.82, 2.24) is 10.2 Å². The average Bonchev–Trinajstić information content (AvgIpc) is 2.73. The summed E-state index contributed by atoms with van der Waals surface area (Å²) in [4.78, 5) is 27.3. The van der Waals surface area contributed by atoms with Crippen molar-refractivity contribution >= 4 is 27.5 Å². The van der Waals surface area contributed by atoms with E-state index in [1.54, 1.807) is 31.2 Å². The number of benzene rings is 2. The molecule has 0 aliphatic rings. The highest BCUT2D eigenvalue weighted by Gasteiger charge is 2.27. The second kappa shape index (κ2) is 12.2. The first kappa shape index (κ1) is 28.3. The molecule has 1 N–H and O–H groups in total. The van der Waals surface area contributed by atoms with Gasteiger partial charge in [0.2, 0.25) is 21.8 Å². The molecule has 9 heteroatoms. The van der Waals surface area contributed by atoms with Crippen molar-refractivity contribution in [2.45, 2.75) is 66.1 Å². The van der Waals surface area contributed by atoms with Crippen molar-refractivity contribution < 1.29 is 22.4 Å². The molecule has 0 spiro atoms. The number of hydrogen-bond donors (Lipinski definition) is 1. The van der Waals surface area contributed by atoms with Gasteiger partial charge in [0.1, 0.15) is 11.9 Å². The third-order valence-electron chi connectivity index (χ3n) is 5.51. The summed E-state index contributed by atoms with van der Waals surface area (Å²) in [7, 11) is -3.56. The average molecular weight is 506 g/mol. The van der Waals surface area contributed by atoms with E-state index in [2.05, 4.69) is 5.32 Å². The lowest BCUT2D eigenvalue weighted by Crippen LogP contribution is -2.49. The number of nitrogens with one attached hydrogen (secondary N) is 1. The molecule has 0 heterocycles. The third-order valence-corrected chi connectivity index (χ3v) is 6.71. The van der Waals surface area contributed by atoms with E-state index < -0.39 is 16.1 Å². The number of nitrogens with zero attached hydrogens (tertiary/aromatic N) is 2. The minimum absolute atomic E-state index is 0.0529. The van der Waals surface area contributed by atoms with E-state index in [1.807, 2.05) is 33.8 Å². The largest absolute Gasteiger partial charge is 0.352 e. The van der Waals surface area contributed by atoms with Crippen molar-refractivity contribution in [2.24, 2.45) is 0 Å². The molecule has 192 valence electrons. The molecule has 0 saturated heterocycles. The topological polar surface area (TPSA) is 86.8 Å². The number of hydrogen-bond acceptors (Lipinski definition) is 4. The van der Waals surface area contributed by atoms with Gasteiger partial charge in [0.05, 0.1) is 11.9 Å². The van der Waals surface area contributed by atoms with Crippen LogP contribution in [0.1, 0.15) is 50.3 Å². The number of sulfonamides is 1. The van der Waals surface area contributed by atoms with E-state index in [4.69, 9.17) is 0 Å². The summed E-state index contributed by atoms with van der Waals surface area (Å²) in [6.07, 6.45) is 1.47. The Bertz CT molecular complexity index is 1110. The van der Waals surface area contributed by atoms with Crippen LogP contribution >= 0.6 is 0 Å². The van der Waals surface area contributed by atoms with Gasteiger partial charge in [-0.3, -0.25) is 13.9 Å². The standard InChI is InChI=1S/C26H36FN3O4S/c1-18(2)28-26(32)21(5)29(17-22-9-11-23(27)12-10-22)25(31)8-7-13-30(35(6,33)34)24-15-19(3)14-20(4)16-24/h9-12,14-16,18,21H,7-8,13,17H2,1-6H3,(H,28,32)/t21-/m1/s1. The van der Waals surface area contributed by atoms with Gasteiger partial charge in [-0.15, -0.1) is 0 Å². The van der Waals surface area contributed by atoms with Gasteiger partial charge in [0.15, 0.2) is 0 Å². The molecule has 2 aromatic rings. The van der Waals surface area contributed by atoms with Crippen LogP contribution in [0.4, 0.5) is 10.1 Å². The van der Waals surface area contributed by atoms with Crippen molar-refractivity contribution in [1.29, 1.82) is 0 Å². The lowest BCUT2D eigenvalue weighted by atomic mass is 10.1. The van der Waals surface area contributed by atoms with Gasteiger partial charge in [0, 0.05) is 25.6 Å². The Hall–Kier alpha value is -2.94. The van der Waals surface area contributed by atoms with Crippen LogP contribution in [0.3, 0.4) is 0 Å². The minimum Gasteiger partial charge on any atom is -0.352 e. The van der Waals surface area contributed by atoms with Gasteiger partial charge in [-0.05, 0) is 82.0 Å². The van der Waals surface area contributed by atoms with Crippen molar-refractivity contribution in [3.05, 3.63) is 65.0 Å². The predicted octanol–water partition coefficient (Wildman–Crippen LogP) is 3.93. The molecule has 0 aliphatic carbocycles. The fourth-order valence-electron chi connectivity index (χ4n) is 3.87. The molecule has 0 bridgehead atoms. The summed E-state index contributed by atoms with van der Waals surface area (Å²) >= 11 is 0. The quantitative estimate of drug-likeness (QED) is 0.501. The van der Waals surface area contributed by atoms with Crippen LogP contribution in [0, 0.1) is 19.7 Å². The Morgan fingerprint density at radius 2 is 1.57 bits per heavy atom. The number of carbonyl (C=O) groups excluding carboxylic acids is 2. The van der Waals surface area contributed by atoms with Gasteiger partial charge >= 0.3 is 0 Å². The smallest absolute Gasteiger partial charge is 0.242 e. The summed E-state index contributed by atoms with van der Waals surface area (Å²) in [5.74, 6) is -0.956. The highest BCUT2D eigenvalue weighted by molar-refractivity contribution is 7.92. The molecule has 0 radical (unpaired) electrons. The van der Waals surface area contributed by atoms with Gasteiger partial charge in [0.25, 0.3) is 0 Å². The molecular weight excluding hydrogens is 469 g/mol. The lowest BCUT2D eigenvalue weighted by Gasteiger charge is -2.30. The van der Waals surface area contributed by atoms with E-state index in [-0.39, 0.29) is 49.6 Å². The maximum atomic E-state index is 13.3. The summed E-state index contributed by atoms with van der Waals surface area (Å²) in [5, 5.41) is 2.82. The Labute approximate surface area is 208 Å². The first-order chi connectivity index (χ1) is 16.3. The fourth-order valence-corrected chi connectivity index (χ4v) is 4.82. The van der Waals surface area contributed by atoms with Gasteiger partial charge < -0.3 is 10.2 Å². The summed E-state index contributed by atoms with van der Waals surface area (Å²) in [6.45, 7) is 9.39. The normalized spacial score (nSPS) is 12.3. The zero-order valence-corrected chi connectivity index (χ0v) is 22.2. The fraction of sp³-hybridized carbons (Fsp3) is 0.462. The summed E-state index contributed by atoms with van der Waals surface area (Å²) < 4.78 is 39.6. The van der Waals surface area contributed by atoms with E-state index in [1.165, 1.54) is 21.3 Å². The Morgan fingerprint density at radius 3 is 2.09 bits per heavy atom. The van der Waals surface area contributed by atoms with E-state index in [0.717, 1.165) is 17.4 Å². The minimum atomic E-state index is -3.56. The van der Waals surface area contributed by atoms with Gasteiger partial charge in [-0.25, -0.2) is 12.8 Å². The second-order valence-corrected chi connectivity index (χ2v) is 11.2. The number of amides is 2. The summed E-state index contributed by atoms with van der Waals surface area (Å²) in [6, 6.07) is 10.5. The van der Waals surface area contributed by atoms with Crippen LogP contribution in [0.5, 0.6) is 0 Å². The number of carbonyl (C=O) groups is 2. The molecule has 2 aromatic carbocycles. The zero-order valence-electron chi connectivity index (χ0n) is 21.3. The molecule has 0 fully saturated rings. The van der Waals surface area contributed by atoms with Crippen molar-refractivity contribution in [3.63, 3.8) is 0 Å². The molecule has 1 atom stereocenters. The number of halogens is 1. The summed E-state index contributed by atoms with van der Waals surface area (Å²) in [5.41, 5.74) is 3.14. The zero-order chi connectivity index (χ0) is 26.3. The molecule has 0 aromatic heterocycles.